The summed E-state index contributed by atoms with van der Waals surface area (Å²) in [5.74, 6) is 0.178. The summed E-state index contributed by atoms with van der Waals surface area (Å²) in [5.41, 5.74) is 3.43. The summed E-state index contributed by atoms with van der Waals surface area (Å²) < 4.78 is 5.80. The number of nitrogens with zero attached hydrogens (tertiary/aromatic N) is 1. The van der Waals surface area contributed by atoms with E-state index in [2.05, 4.69) is 17.5 Å². The van der Waals surface area contributed by atoms with Gasteiger partial charge in [-0.1, -0.05) is 56.2 Å². The molecule has 0 aliphatic heterocycles. The number of fused-ring (bicyclic) bond motifs is 1. The van der Waals surface area contributed by atoms with Gasteiger partial charge in [-0.25, -0.2) is 5.43 Å². The van der Waals surface area contributed by atoms with Crippen LogP contribution in [-0.2, 0) is 0 Å². The van der Waals surface area contributed by atoms with Gasteiger partial charge in [0, 0.05) is 5.56 Å². The van der Waals surface area contributed by atoms with Gasteiger partial charge in [-0.05, 0) is 41.5 Å². The number of hydrogen-bond donors (Lipinski definition) is 2. The monoisotopic (exact) mass is 376 g/mol. The van der Waals surface area contributed by atoms with Crippen molar-refractivity contribution in [3.63, 3.8) is 0 Å². The minimum atomic E-state index is -0.471. The molecule has 144 valence electrons. The number of phenolic OH excluding ortho intramolecular Hbond substituents is 1. The zero-order valence-electron chi connectivity index (χ0n) is 15.9. The maximum Gasteiger partial charge on any atom is 0.275 e. The highest BCUT2D eigenvalue weighted by atomic mass is 16.5. The van der Waals surface area contributed by atoms with Crippen molar-refractivity contribution < 1.29 is 14.6 Å². The fourth-order valence-electron chi connectivity index (χ4n) is 2.88. The standard InChI is InChI=1S/C23H24N2O3/c1-2-3-8-13-28-22-12-7-6-11-19(22)16-24-25-23(27)20-14-17-9-4-5-10-18(17)15-21(20)26/h4-7,9-12,14-16,26H,2-3,8,13H2,1H3,(H,25,27)/b24-16+. The first-order chi connectivity index (χ1) is 13.7. The maximum atomic E-state index is 12.4. The highest BCUT2D eigenvalue weighted by Gasteiger charge is 2.11. The number of unbranched alkanes of at least 4 members (excludes halogenated alkanes) is 2. The normalized spacial score (nSPS) is 11.0. The van der Waals surface area contributed by atoms with Gasteiger partial charge in [0.25, 0.3) is 5.91 Å². The summed E-state index contributed by atoms with van der Waals surface area (Å²) >= 11 is 0. The third kappa shape index (κ3) is 4.88. The van der Waals surface area contributed by atoms with Gasteiger partial charge < -0.3 is 9.84 Å². The van der Waals surface area contributed by atoms with Crippen LogP contribution in [0, 0.1) is 0 Å². The molecule has 0 fully saturated rings. The van der Waals surface area contributed by atoms with E-state index >= 15 is 0 Å². The second-order valence-corrected chi connectivity index (χ2v) is 6.51. The molecule has 0 spiro atoms. The molecular weight excluding hydrogens is 352 g/mol. The molecule has 0 unspecified atom stereocenters. The Morgan fingerprint density at radius 2 is 1.79 bits per heavy atom. The number of carbonyl (C=O) groups is 1. The van der Waals surface area contributed by atoms with E-state index in [1.54, 1.807) is 18.3 Å². The lowest BCUT2D eigenvalue weighted by Gasteiger charge is -2.08. The molecule has 2 N–H and O–H groups in total. The Bertz CT molecular complexity index is 982. The fourth-order valence-corrected chi connectivity index (χ4v) is 2.88. The number of nitrogens with one attached hydrogen (secondary N) is 1. The predicted molar refractivity (Wildman–Crippen MR) is 112 cm³/mol. The molecule has 0 saturated heterocycles. The van der Waals surface area contributed by atoms with Crippen LogP contribution < -0.4 is 10.2 Å². The lowest BCUT2D eigenvalue weighted by atomic mass is 10.1. The molecule has 0 atom stereocenters. The van der Waals surface area contributed by atoms with Crippen molar-refractivity contribution in [1.29, 1.82) is 0 Å². The minimum absolute atomic E-state index is 0.0777. The van der Waals surface area contributed by atoms with Crippen molar-refractivity contribution in [2.45, 2.75) is 26.2 Å². The van der Waals surface area contributed by atoms with E-state index in [0.29, 0.717) is 6.61 Å². The Labute approximate surface area is 164 Å². The summed E-state index contributed by atoms with van der Waals surface area (Å²) in [6.45, 7) is 2.80. The van der Waals surface area contributed by atoms with Crippen LogP contribution in [0.3, 0.4) is 0 Å². The van der Waals surface area contributed by atoms with Crippen molar-refractivity contribution in [1.82, 2.24) is 5.43 Å². The maximum absolute atomic E-state index is 12.4. The number of hydrazone groups is 1. The van der Waals surface area contributed by atoms with E-state index in [1.165, 1.54) is 0 Å². The highest BCUT2D eigenvalue weighted by Crippen LogP contribution is 2.25. The first-order valence-corrected chi connectivity index (χ1v) is 9.46. The largest absolute Gasteiger partial charge is 0.507 e. The Kier molecular flexibility index (Phi) is 6.63. The number of amides is 1. The lowest BCUT2D eigenvalue weighted by Crippen LogP contribution is -2.17. The van der Waals surface area contributed by atoms with Gasteiger partial charge >= 0.3 is 0 Å². The van der Waals surface area contributed by atoms with Crippen molar-refractivity contribution in [3.05, 3.63) is 71.8 Å². The van der Waals surface area contributed by atoms with Crippen molar-refractivity contribution in [2.24, 2.45) is 5.10 Å². The number of aromatic hydroxyl groups is 1. The van der Waals surface area contributed by atoms with E-state index in [-0.39, 0.29) is 11.3 Å². The molecule has 5 nitrogen and oxygen atoms in total. The number of rotatable bonds is 8. The molecule has 0 bridgehead atoms. The second-order valence-electron chi connectivity index (χ2n) is 6.51. The van der Waals surface area contributed by atoms with Crippen LogP contribution in [0.15, 0.2) is 65.8 Å². The summed E-state index contributed by atoms with van der Waals surface area (Å²) in [7, 11) is 0. The fraction of sp³-hybridized carbons (Fsp3) is 0.217. The molecule has 0 aromatic heterocycles. The summed E-state index contributed by atoms with van der Waals surface area (Å²) in [6, 6.07) is 18.3. The Balaban J connectivity index is 1.68. The molecule has 1 amide bonds. The molecule has 5 heteroatoms. The summed E-state index contributed by atoms with van der Waals surface area (Å²) in [6.07, 6.45) is 4.81. The Morgan fingerprint density at radius 1 is 1.07 bits per heavy atom. The van der Waals surface area contributed by atoms with E-state index in [0.717, 1.165) is 41.3 Å². The van der Waals surface area contributed by atoms with Crippen LogP contribution in [-0.4, -0.2) is 23.8 Å². The molecule has 28 heavy (non-hydrogen) atoms. The zero-order chi connectivity index (χ0) is 19.8. The van der Waals surface area contributed by atoms with E-state index in [4.69, 9.17) is 4.74 Å². The van der Waals surface area contributed by atoms with Crippen LogP contribution in [0.1, 0.15) is 42.1 Å². The topological polar surface area (TPSA) is 70.9 Å². The van der Waals surface area contributed by atoms with Gasteiger partial charge in [-0.3, -0.25) is 4.79 Å². The summed E-state index contributed by atoms with van der Waals surface area (Å²) in [5, 5.41) is 15.9. The van der Waals surface area contributed by atoms with Crippen molar-refractivity contribution in [2.75, 3.05) is 6.61 Å². The Morgan fingerprint density at radius 3 is 2.57 bits per heavy atom. The first kappa shape index (κ1) is 19.4. The van der Waals surface area contributed by atoms with E-state index in [9.17, 15) is 9.90 Å². The second kappa shape index (κ2) is 9.55. The molecule has 0 aliphatic rings. The molecule has 0 aliphatic carbocycles. The molecule has 0 heterocycles. The smallest absolute Gasteiger partial charge is 0.275 e. The number of phenols is 1. The van der Waals surface area contributed by atoms with Gasteiger partial charge in [-0.15, -0.1) is 0 Å². The SMILES string of the molecule is CCCCCOc1ccccc1/C=N/NC(=O)c1cc2ccccc2cc1O. The minimum Gasteiger partial charge on any atom is -0.507 e. The number of hydrogen-bond acceptors (Lipinski definition) is 4. The molecule has 3 aromatic rings. The van der Waals surface area contributed by atoms with Crippen LogP contribution in [0.25, 0.3) is 10.8 Å². The van der Waals surface area contributed by atoms with Crippen molar-refractivity contribution in [3.8, 4) is 11.5 Å². The lowest BCUT2D eigenvalue weighted by molar-refractivity contribution is 0.0952. The van der Waals surface area contributed by atoms with Crippen LogP contribution in [0.2, 0.25) is 0 Å². The van der Waals surface area contributed by atoms with Gasteiger partial charge in [-0.2, -0.15) is 5.10 Å². The summed E-state index contributed by atoms with van der Waals surface area (Å²) in [4.78, 5) is 12.4. The van der Waals surface area contributed by atoms with Gasteiger partial charge in [0.05, 0.1) is 18.4 Å². The zero-order valence-corrected chi connectivity index (χ0v) is 15.9. The van der Waals surface area contributed by atoms with Crippen LogP contribution >= 0.6 is 0 Å². The Hall–Kier alpha value is -3.34. The van der Waals surface area contributed by atoms with Gasteiger partial charge in [0.1, 0.15) is 11.5 Å². The van der Waals surface area contributed by atoms with Gasteiger partial charge in [0.2, 0.25) is 0 Å². The molecule has 0 saturated carbocycles. The molecular formula is C23H24N2O3. The van der Waals surface area contributed by atoms with Crippen LogP contribution in [0.5, 0.6) is 11.5 Å². The molecule has 0 radical (unpaired) electrons. The number of carbonyl (C=O) groups excluding carboxylic acids is 1. The molecule has 3 aromatic carbocycles. The number of ether oxygens (including phenoxy) is 1. The number of para-hydroxylation sites is 1. The third-order valence-corrected chi connectivity index (χ3v) is 4.40. The average molecular weight is 376 g/mol. The third-order valence-electron chi connectivity index (χ3n) is 4.40. The number of benzene rings is 3. The first-order valence-electron chi connectivity index (χ1n) is 9.46. The average Bonchev–Trinajstić information content (AvgIpc) is 2.71. The van der Waals surface area contributed by atoms with Gasteiger partial charge in [0.15, 0.2) is 0 Å². The van der Waals surface area contributed by atoms with Crippen LogP contribution in [0.4, 0.5) is 0 Å². The quantitative estimate of drug-likeness (QED) is 0.334. The van der Waals surface area contributed by atoms with E-state index in [1.807, 2.05) is 48.5 Å². The van der Waals surface area contributed by atoms with E-state index < -0.39 is 5.91 Å². The molecule has 3 rings (SSSR count). The highest BCUT2D eigenvalue weighted by molar-refractivity contribution is 6.01. The van der Waals surface area contributed by atoms with Crippen molar-refractivity contribution >= 4 is 22.9 Å². The predicted octanol–water partition coefficient (Wildman–Crippen LogP) is 4.88.